The highest BCUT2D eigenvalue weighted by Crippen LogP contribution is 2.19. The fourth-order valence-corrected chi connectivity index (χ4v) is 3.37. The van der Waals surface area contributed by atoms with Crippen LogP contribution in [0.25, 0.3) is 0 Å². The number of rotatable bonds is 4. The number of piperazine rings is 1. The minimum atomic E-state index is -0.624. The number of nitrogens with zero attached hydrogens (tertiary/aromatic N) is 4. The number of aromatic nitrogens is 1. The molecule has 1 saturated heterocycles. The van der Waals surface area contributed by atoms with Crippen molar-refractivity contribution >= 4 is 22.4 Å². The van der Waals surface area contributed by atoms with Crippen LogP contribution >= 0.6 is 11.3 Å². The summed E-state index contributed by atoms with van der Waals surface area (Å²) >= 11 is 1.65. The minimum Gasteiger partial charge on any atom is -0.386 e. The molecule has 1 aliphatic heterocycles. The maximum absolute atomic E-state index is 10.2. The van der Waals surface area contributed by atoms with Crippen LogP contribution in [0.5, 0.6) is 0 Å². The standard InChI is InChI=1S/C17H23N5OS/c1-13-2-4-14(5-3-13)15(23)12-20-16(18)21-7-9-22(10-8-21)17-19-6-11-24-17/h2-6,11,15,23H,7-10,12H2,1H3,(H2,18,20). The Balaban J connectivity index is 1.52. The summed E-state index contributed by atoms with van der Waals surface area (Å²) in [5.41, 5.74) is 8.14. The van der Waals surface area contributed by atoms with Crippen LogP contribution in [0.2, 0.25) is 0 Å². The Bertz CT molecular complexity index is 663. The Morgan fingerprint density at radius 1 is 1.29 bits per heavy atom. The monoisotopic (exact) mass is 345 g/mol. The third-order valence-corrected chi connectivity index (χ3v) is 5.01. The van der Waals surface area contributed by atoms with E-state index < -0.39 is 6.10 Å². The van der Waals surface area contributed by atoms with Gasteiger partial charge in [-0.1, -0.05) is 29.8 Å². The van der Waals surface area contributed by atoms with Crippen molar-refractivity contribution in [1.82, 2.24) is 9.88 Å². The first kappa shape index (κ1) is 16.7. The van der Waals surface area contributed by atoms with Gasteiger partial charge < -0.3 is 20.6 Å². The van der Waals surface area contributed by atoms with E-state index in [1.165, 1.54) is 5.56 Å². The fraction of sp³-hybridized carbons (Fsp3) is 0.412. The molecule has 1 fully saturated rings. The van der Waals surface area contributed by atoms with Gasteiger partial charge in [0.25, 0.3) is 0 Å². The Morgan fingerprint density at radius 2 is 2.00 bits per heavy atom. The molecule has 24 heavy (non-hydrogen) atoms. The van der Waals surface area contributed by atoms with Crippen molar-refractivity contribution in [2.24, 2.45) is 10.7 Å². The van der Waals surface area contributed by atoms with Gasteiger partial charge in [0.1, 0.15) is 0 Å². The summed E-state index contributed by atoms with van der Waals surface area (Å²) in [5.74, 6) is 0.500. The van der Waals surface area contributed by atoms with Crippen LogP contribution in [0.1, 0.15) is 17.2 Å². The first-order valence-corrected chi connectivity index (χ1v) is 8.95. The summed E-state index contributed by atoms with van der Waals surface area (Å²) in [6, 6.07) is 7.84. The number of anilines is 1. The van der Waals surface area contributed by atoms with E-state index in [0.717, 1.165) is 36.9 Å². The molecule has 7 heteroatoms. The highest BCUT2D eigenvalue weighted by Gasteiger charge is 2.20. The predicted octanol–water partition coefficient (Wildman–Crippen LogP) is 1.62. The van der Waals surface area contributed by atoms with E-state index >= 15 is 0 Å². The maximum Gasteiger partial charge on any atom is 0.191 e. The molecule has 1 unspecified atom stereocenters. The average Bonchev–Trinajstić information content (AvgIpc) is 3.15. The summed E-state index contributed by atoms with van der Waals surface area (Å²) in [6.45, 7) is 5.69. The van der Waals surface area contributed by atoms with E-state index in [1.807, 2.05) is 42.8 Å². The van der Waals surface area contributed by atoms with Crippen LogP contribution in [0.3, 0.4) is 0 Å². The van der Waals surface area contributed by atoms with Crippen LogP contribution in [-0.2, 0) is 0 Å². The molecule has 0 spiro atoms. The lowest BCUT2D eigenvalue weighted by molar-refractivity contribution is 0.186. The van der Waals surface area contributed by atoms with Gasteiger partial charge in [-0.25, -0.2) is 4.98 Å². The summed E-state index contributed by atoms with van der Waals surface area (Å²) in [6.07, 6.45) is 1.20. The molecule has 0 bridgehead atoms. The van der Waals surface area contributed by atoms with Gasteiger partial charge in [-0.05, 0) is 12.5 Å². The van der Waals surface area contributed by atoms with Crippen molar-refractivity contribution < 1.29 is 5.11 Å². The quantitative estimate of drug-likeness (QED) is 0.650. The number of thiazole rings is 1. The zero-order valence-corrected chi connectivity index (χ0v) is 14.6. The third-order valence-electron chi connectivity index (χ3n) is 4.18. The lowest BCUT2D eigenvalue weighted by Crippen LogP contribution is -2.51. The number of benzene rings is 1. The second-order valence-electron chi connectivity index (χ2n) is 5.91. The molecule has 1 atom stereocenters. The molecule has 0 radical (unpaired) electrons. The highest BCUT2D eigenvalue weighted by molar-refractivity contribution is 7.13. The number of aliphatic hydroxyl groups excluding tert-OH is 1. The van der Waals surface area contributed by atoms with Crippen LogP contribution in [0, 0.1) is 6.92 Å². The molecule has 1 aliphatic rings. The second-order valence-corrected chi connectivity index (χ2v) is 6.79. The van der Waals surface area contributed by atoms with Crippen molar-refractivity contribution in [3.8, 4) is 0 Å². The van der Waals surface area contributed by atoms with Crippen molar-refractivity contribution in [3.63, 3.8) is 0 Å². The molecule has 1 aromatic heterocycles. The summed E-state index contributed by atoms with van der Waals surface area (Å²) < 4.78 is 0. The van der Waals surface area contributed by atoms with Crippen molar-refractivity contribution in [1.29, 1.82) is 0 Å². The molecular formula is C17H23N5OS. The normalized spacial score (nSPS) is 17.2. The molecule has 3 rings (SSSR count). The van der Waals surface area contributed by atoms with E-state index in [9.17, 15) is 5.11 Å². The Hall–Kier alpha value is -2.12. The molecule has 2 heterocycles. The molecule has 1 aromatic carbocycles. The highest BCUT2D eigenvalue weighted by atomic mass is 32.1. The van der Waals surface area contributed by atoms with Gasteiger partial charge in [-0.2, -0.15) is 0 Å². The van der Waals surface area contributed by atoms with Crippen molar-refractivity contribution in [2.45, 2.75) is 13.0 Å². The summed E-state index contributed by atoms with van der Waals surface area (Å²) in [7, 11) is 0. The number of aliphatic imine (C=N–C) groups is 1. The van der Waals surface area contributed by atoms with Crippen LogP contribution in [0.15, 0.2) is 40.8 Å². The topological polar surface area (TPSA) is 78.0 Å². The lowest BCUT2D eigenvalue weighted by Gasteiger charge is -2.35. The molecule has 6 nitrogen and oxygen atoms in total. The van der Waals surface area contributed by atoms with Gasteiger partial charge in [0.15, 0.2) is 11.1 Å². The largest absolute Gasteiger partial charge is 0.386 e. The van der Waals surface area contributed by atoms with E-state index in [0.29, 0.717) is 5.96 Å². The van der Waals surface area contributed by atoms with E-state index in [-0.39, 0.29) is 6.54 Å². The van der Waals surface area contributed by atoms with Gasteiger partial charge in [-0.15, -0.1) is 11.3 Å². The number of hydrogen-bond donors (Lipinski definition) is 2. The summed E-state index contributed by atoms with van der Waals surface area (Å²) in [4.78, 5) is 13.0. The Kier molecular flexibility index (Phi) is 5.32. The van der Waals surface area contributed by atoms with E-state index in [4.69, 9.17) is 5.73 Å². The summed E-state index contributed by atoms with van der Waals surface area (Å²) in [5, 5.41) is 13.3. The smallest absolute Gasteiger partial charge is 0.191 e. The number of aliphatic hydroxyl groups is 1. The van der Waals surface area contributed by atoms with Crippen LogP contribution < -0.4 is 10.6 Å². The first-order valence-electron chi connectivity index (χ1n) is 8.07. The molecule has 2 aromatic rings. The molecule has 0 aliphatic carbocycles. The fourth-order valence-electron chi connectivity index (χ4n) is 2.67. The predicted molar refractivity (Wildman–Crippen MR) is 98.5 cm³/mol. The first-order chi connectivity index (χ1) is 11.6. The zero-order valence-electron chi connectivity index (χ0n) is 13.8. The molecule has 0 amide bonds. The Morgan fingerprint density at radius 3 is 2.62 bits per heavy atom. The second kappa shape index (κ2) is 7.63. The molecule has 0 saturated carbocycles. The zero-order chi connectivity index (χ0) is 16.9. The average molecular weight is 345 g/mol. The van der Waals surface area contributed by atoms with Crippen molar-refractivity contribution in [3.05, 3.63) is 47.0 Å². The number of aryl methyl sites for hydroxylation is 1. The molecule has 3 N–H and O–H groups in total. The number of guanidine groups is 1. The van der Waals surface area contributed by atoms with Crippen LogP contribution in [0.4, 0.5) is 5.13 Å². The SMILES string of the molecule is Cc1ccc(C(O)CN=C(N)N2CCN(c3nccs3)CC2)cc1. The molecular weight excluding hydrogens is 322 g/mol. The minimum absolute atomic E-state index is 0.279. The van der Waals surface area contributed by atoms with Gasteiger partial charge in [0, 0.05) is 37.8 Å². The van der Waals surface area contributed by atoms with Crippen molar-refractivity contribution in [2.75, 3.05) is 37.6 Å². The maximum atomic E-state index is 10.2. The van der Waals surface area contributed by atoms with Gasteiger partial charge in [0.05, 0.1) is 12.6 Å². The molecule has 128 valence electrons. The Labute approximate surface area is 146 Å². The van der Waals surface area contributed by atoms with Crippen LogP contribution in [-0.4, -0.2) is 53.7 Å². The van der Waals surface area contributed by atoms with E-state index in [1.54, 1.807) is 11.3 Å². The number of nitrogens with two attached hydrogens (primary N) is 1. The number of hydrogen-bond acceptors (Lipinski definition) is 5. The third kappa shape index (κ3) is 4.04. The van der Waals surface area contributed by atoms with E-state index in [2.05, 4.69) is 19.8 Å². The van der Waals surface area contributed by atoms with Gasteiger partial charge in [-0.3, -0.25) is 4.99 Å². The van der Waals surface area contributed by atoms with Gasteiger partial charge >= 0.3 is 0 Å². The van der Waals surface area contributed by atoms with Gasteiger partial charge in [0.2, 0.25) is 0 Å². The lowest BCUT2D eigenvalue weighted by atomic mass is 10.1.